The van der Waals surface area contributed by atoms with Crippen LogP contribution in [0.15, 0.2) is 0 Å². The minimum absolute atomic E-state index is 0.183. The normalized spacial score (nSPS) is 26.3. The van der Waals surface area contributed by atoms with Gasteiger partial charge in [0.25, 0.3) is 0 Å². The maximum absolute atomic E-state index is 11.7. The summed E-state index contributed by atoms with van der Waals surface area (Å²) in [4.78, 5) is 11.7. The molecule has 1 aliphatic heterocycles. The molecule has 0 aliphatic carbocycles. The van der Waals surface area contributed by atoms with Gasteiger partial charge in [-0.3, -0.25) is 4.79 Å². The third kappa shape index (κ3) is 4.62. The third-order valence-corrected chi connectivity index (χ3v) is 2.74. The van der Waals surface area contributed by atoms with Crippen LogP contribution in [0, 0.1) is 5.92 Å². The molecular formula is C11H22N2O2. The van der Waals surface area contributed by atoms with Crippen LogP contribution in [0.4, 0.5) is 0 Å². The van der Waals surface area contributed by atoms with Crippen LogP contribution in [0.3, 0.4) is 0 Å². The van der Waals surface area contributed by atoms with Crippen molar-refractivity contribution in [2.45, 2.75) is 32.7 Å². The molecule has 0 aromatic heterocycles. The van der Waals surface area contributed by atoms with E-state index < -0.39 is 0 Å². The summed E-state index contributed by atoms with van der Waals surface area (Å²) in [5.74, 6) is 0.367. The van der Waals surface area contributed by atoms with Crippen LogP contribution < -0.4 is 10.6 Å². The van der Waals surface area contributed by atoms with Gasteiger partial charge in [-0.25, -0.2) is 0 Å². The topological polar surface area (TPSA) is 50.4 Å². The maximum Gasteiger partial charge on any atom is 0.223 e. The summed E-state index contributed by atoms with van der Waals surface area (Å²) in [6, 6.07) is 0.460. The van der Waals surface area contributed by atoms with E-state index in [0.717, 1.165) is 19.4 Å². The molecule has 0 aromatic rings. The standard InChI is InChI=1S/C11H22N2O2/c1-3-15-7-6-13-11(14)10-4-5-12-9(2)8-10/h9-10,12H,3-8H2,1-2H3,(H,13,14). The van der Waals surface area contributed by atoms with E-state index in [0.29, 0.717) is 25.8 Å². The molecule has 15 heavy (non-hydrogen) atoms. The number of hydrogen-bond donors (Lipinski definition) is 2. The molecule has 2 atom stereocenters. The van der Waals surface area contributed by atoms with E-state index in [4.69, 9.17) is 4.74 Å². The van der Waals surface area contributed by atoms with Crippen LogP contribution in [0.5, 0.6) is 0 Å². The van der Waals surface area contributed by atoms with Crippen LogP contribution in [0.2, 0.25) is 0 Å². The number of carbonyl (C=O) groups excluding carboxylic acids is 1. The van der Waals surface area contributed by atoms with Crippen molar-refractivity contribution in [2.75, 3.05) is 26.3 Å². The van der Waals surface area contributed by atoms with Gasteiger partial charge >= 0.3 is 0 Å². The van der Waals surface area contributed by atoms with E-state index >= 15 is 0 Å². The van der Waals surface area contributed by atoms with Crippen LogP contribution in [0.1, 0.15) is 26.7 Å². The van der Waals surface area contributed by atoms with E-state index in [1.807, 2.05) is 6.92 Å². The number of hydrogen-bond acceptors (Lipinski definition) is 3. The first-order chi connectivity index (χ1) is 7.24. The van der Waals surface area contributed by atoms with Gasteiger partial charge in [-0.15, -0.1) is 0 Å². The van der Waals surface area contributed by atoms with E-state index in [9.17, 15) is 4.79 Å². The monoisotopic (exact) mass is 214 g/mol. The number of carbonyl (C=O) groups is 1. The molecule has 1 fully saturated rings. The summed E-state index contributed by atoms with van der Waals surface area (Å²) in [6.45, 7) is 6.98. The second-order valence-electron chi connectivity index (χ2n) is 4.06. The van der Waals surface area contributed by atoms with Crippen LogP contribution >= 0.6 is 0 Å². The lowest BCUT2D eigenvalue weighted by Gasteiger charge is -2.27. The first-order valence-electron chi connectivity index (χ1n) is 5.83. The molecule has 1 heterocycles. The maximum atomic E-state index is 11.7. The Morgan fingerprint density at radius 2 is 2.40 bits per heavy atom. The smallest absolute Gasteiger partial charge is 0.223 e. The van der Waals surface area contributed by atoms with Gasteiger partial charge < -0.3 is 15.4 Å². The van der Waals surface area contributed by atoms with Gasteiger partial charge in [0.15, 0.2) is 0 Å². The second kappa shape index (κ2) is 6.80. The largest absolute Gasteiger partial charge is 0.380 e. The number of amides is 1. The van der Waals surface area contributed by atoms with Crippen molar-refractivity contribution in [3.05, 3.63) is 0 Å². The molecule has 4 heteroatoms. The molecular weight excluding hydrogens is 192 g/mol. The SMILES string of the molecule is CCOCCNC(=O)C1CCNC(C)C1. The Morgan fingerprint density at radius 3 is 3.07 bits per heavy atom. The number of nitrogens with one attached hydrogen (secondary N) is 2. The highest BCUT2D eigenvalue weighted by Gasteiger charge is 2.23. The molecule has 0 spiro atoms. The zero-order valence-corrected chi connectivity index (χ0v) is 9.71. The average Bonchev–Trinajstić information content (AvgIpc) is 2.24. The van der Waals surface area contributed by atoms with E-state index in [2.05, 4.69) is 17.6 Å². The van der Waals surface area contributed by atoms with Gasteiger partial charge in [-0.2, -0.15) is 0 Å². The Balaban J connectivity index is 2.15. The number of ether oxygens (including phenoxy) is 1. The van der Waals surface area contributed by atoms with Crippen molar-refractivity contribution < 1.29 is 9.53 Å². The molecule has 1 amide bonds. The van der Waals surface area contributed by atoms with Gasteiger partial charge in [0.05, 0.1) is 6.61 Å². The third-order valence-electron chi connectivity index (χ3n) is 2.74. The highest BCUT2D eigenvalue weighted by atomic mass is 16.5. The Bertz CT molecular complexity index is 197. The van der Waals surface area contributed by atoms with Gasteiger partial charge in [0, 0.05) is 25.1 Å². The fraction of sp³-hybridized carbons (Fsp3) is 0.909. The van der Waals surface area contributed by atoms with Gasteiger partial charge in [0.2, 0.25) is 5.91 Å². The Morgan fingerprint density at radius 1 is 1.60 bits per heavy atom. The Labute approximate surface area is 91.8 Å². The summed E-state index contributed by atoms with van der Waals surface area (Å²) in [6.07, 6.45) is 1.89. The van der Waals surface area contributed by atoms with Crippen LogP contribution in [-0.4, -0.2) is 38.3 Å². The number of piperidine rings is 1. The van der Waals surface area contributed by atoms with Gasteiger partial charge in [-0.05, 0) is 33.2 Å². The van der Waals surface area contributed by atoms with Crippen molar-refractivity contribution in [3.63, 3.8) is 0 Å². The predicted octanol–water partition coefficient (Wildman–Crippen LogP) is 0.527. The van der Waals surface area contributed by atoms with Gasteiger partial charge in [0.1, 0.15) is 0 Å². The van der Waals surface area contributed by atoms with Crippen molar-refractivity contribution in [1.82, 2.24) is 10.6 Å². The summed E-state index contributed by atoms with van der Waals surface area (Å²) in [5.41, 5.74) is 0. The lowest BCUT2D eigenvalue weighted by atomic mass is 9.92. The molecule has 0 bridgehead atoms. The molecule has 0 saturated carbocycles. The van der Waals surface area contributed by atoms with Crippen molar-refractivity contribution >= 4 is 5.91 Å². The Hall–Kier alpha value is -0.610. The fourth-order valence-corrected chi connectivity index (χ4v) is 1.91. The van der Waals surface area contributed by atoms with Crippen molar-refractivity contribution in [1.29, 1.82) is 0 Å². The first-order valence-corrected chi connectivity index (χ1v) is 5.83. The fourth-order valence-electron chi connectivity index (χ4n) is 1.91. The molecule has 1 aliphatic rings. The summed E-state index contributed by atoms with van der Waals surface area (Å²) < 4.78 is 5.17. The van der Waals surface area contributed by atoms with Crippen LogP contribution in [-0.2, 0) is 9.53 Å². The van der Waals surface area contributed by atoms with E-state index in [1.54, 1.807) is 0 Å². The van der Waals surface area contributed by atoms with E-state index in [-0.39, 0.29) is 11.8 Å². The second-order valence-corrected chi connectivity index (χ2v) is 4.06. The highest BCUT2D eigenvalue weighted by Crippen LogP contribution is 2.15. The minimum Gasteiger partial charge on any atom is -0.380 e. The molecule has 1 rings (SSSR count). The van der Waals surface area contributed by atoms with Crippen LogP contribution in [0.25, 0.3) is 0 Å². The van der Waals surface area contributed by atoms with Crippen molar-refractivity contribution in [2.24, 2.45) is 5.92 Å². The summed E-state index contributed by atoms with van der Waals surface area (Å²) >= 11 is 0. The van der Waals surface area contributed by atoms with E-state index in [1.165, 1.54) is 0 Å². The zero-order valence-electron chi connectivity index (χ0n) is 9.71. The molecule has 1 saturated heterocycles. The molecule has 0 radical (unpaired) electrons. The lowest BCUT2D eigenvalue weighted by Crippen LogP contribution is -2.43. The first kappa shape index (κ1) is 12.5. The summed E-state index contributed by atoms with van der Waals surface area (Å²) in [5, 5.41) is 6.25. The quantitative estimate of drug-likeness (QED) is 0.656. The predicted molar refractivity (Wildman–Crippen MR) is 59.7 cm³/mol. The molecule has 2 unspecified atom stereocenters. The average molecular weight is 214 g/mol. The molecule has 4 nitrogen and oxygen atoms in total. The highest BCUT2D eigenvalue weighted by molar-refractivity contribution is 5.78. The minimum atomic E-state index is 0.183. The lowest BCUT2D eigenvalue weighted by molar-refractivity contribution is -0.126. The molecule has 88 valence electrons. The Kier molecular flexibility index (Phi) is 5.65. The molecule has 2 N–H and O–H groups in total. The zero-order chi connectivity index (χ0) is 11.1. The van der Waals surface area contributed by atoms with Crippen molar-refractivity contribution in [3.8, 4) is 0 Å². The molecule has 0 aromatic carbocycles. The number of rotatable bonds is 5. The summed E-state index contributed by atoms with van der Waals surface area (Å²) in [7, 11) is 0. The van der Waals surface area contributed by atoms with Gasteiger partial charge in [-0.1, -0.05) is 0 Å².